The number of ether oxygens (including phenoxy) is 3. The van der Waals surface area contributed by atoms with Gasteiger partial charge in [-0.1, -0.05) is 52.7 Å². The van der Waals surface area contributed by atoms with Crippen LogP contribution in [0.25, 0.3) is 0 Å². The van der Waals surface area contributed by atoms with Crippen molar-refractivity contribution in [2.75, 3.05) is 20.0 Å². The molecule has 6 nitrogen and oxygen atoms in total. The predicted molar refractivity (Wildman–Crippen MR) is 106 cm³/mol. The number of aliphatic hydroxyl groups excluding tert-OH is 2. The molecule has 158 valence electrons. The molecular formula is C21H38O6. The van der Waals surface area contributed by atoms with E-state index in [0.29, 0.717) is 31.8 Å². The quantitative estimate of drug-likeness (QED) is 0.122. The molecule has 0 aromatic heterocycles. The first-order valence-electron chi connectivity index (χ1n) is 10.0. The van der Waals surface area contributed by atoms with Crippen molar-refractivity contribution in [1.82, 2.24) is 0 Å². The van der Waals surface area contributed by atoms with E-state index < -0.39 is 18.2 Å². The fraction of sp³-hybridized carbons (Fsp3) is 0.762. The van der Waals surface area contributed by atoms with Gasteiger partial charge in [0.2, 0.25) is 0 Å². The summed E-state index contributed by atoms with van der Waals surface area (Å²) in [6.45, 7) is 12.3. The highest BCUT2D eigenvalue weighted by molar-refractivity contribution is 5.88. The summed E-state index contributed by atoms with van der Waals surface area (Å²) >= 11 is 0. The predicted octanol–water partition coefficient (Wildman–Crippen LogP) is 3.86. The normalized spacial score (nSPS) is 13.0. The average molecular weight is 387 g/mol. The van der Waals surface area contributed by atoms with Crippen LogP contribution in [0.1, 0.15) is 71.6 Å². The Hall–Kier alpha value is -1.37. The van der Waals surface area contributed by atoms with Gasteiger partial charge in [-0.05, 0) is 32.1 Å². The van der Waals surface area contributed by atoms with Gasteiger partial charge in [0, 0.05) is 0 Å². The number of carbonyl (C=O) groups is 1. The van der Waals surface area contributed by atoms with E-state index in [-0.39, 0.29) is 12.4 Å². The Morgan fingerprint density at radius 3 is 2.07 bits per heavy atom. The van der Waals surface area contributed by atoms with Gasteiger partial charge in [-0.2, -0.15) is 0 Å². The van der Waals surface area contributed by atoms with Crippen LogP contribution >= 0.6 is 0 Å². The Morgan fingerprint density at radius 2 is 1.44 bits per heavy atom. The first-order chi connectivity index (χ1) is 12.9. The van der Waals surface area contributed by atoms with E-state index in [1.165, 1.54) is 0 Å². The summed E-state index contributed by atoms with van der Waals surface area (Å²) in [4.78, 5) is 11.8. The van der Waals surface area contributed by atoms with Gasteiger partial charge in [0.05, 0.1) is 24.9 Å². The van der Waals surface area contributed by atoms with Gasteiger partial charge >= 0.3 is 5.97 Å². The van der Waals surface area contributed by atoms with Crippen LogP contribution in [-0.2, 0) is 19.0 Å². The van der Waals surface area contributed by atoms with Gasteiger partial charge in [0.25, 0.3) is 0 Å². The van der Waals surface area contributed by atoms with Crippen molar-refractivity contribution in [1.29, 1.82) is 0 Å². The smallest absolute Gasteiger partial charge is 0.336 e. The van der Waals surface area contributed by atoms with E-state index >= 15 is 0 Å². The average Bonchev–Trinajstić information content (AvgIpc) is 2.67. The van der Waals surface area contributed by atoms with Crippen molar-refractivity contribution in [3.05, 3.63) is 24.5 Å². The third kappa shape index (κ3) is 13.4. The molecule has 0 radical (unpaired) electrons. The van der Waals surface area contributed by atoms with Crippen molar-refractivity contribution in [3.8, 4) is 0 Å². The third-order valence-corrected chi connectivity index (χ3v) is 4.19. The molecule has 0 spiro atoms. The molecular weight excluding hydrogens is 348 g/mol. The van der Waals surface area contributed by atoms with E-state index in [0.717, 1.165) is 44.9 Å². The maximum absolute atomic E-state index is 11.8. The number of carbonyl (C=O) groups excluding carboxylic acids is 1. The van der Waals surface area contributed by atoms with Crippen LogP contribution in [-0.4, -0.2) is 48.4 Å². The monoisotopic (exact) mass is 386 g/mol. The van der Waals surface area contributed by atoms with Crippen molar-refractivity contribution >= 4 is 5.97 Å². The summed E-state index contributed by atoms with van der Waals surface area (Å²) in [7, 11) is 0. The Labute approximate surface area is 164 Å². The summed E-state index contributed by atoms with van der Waals surface area (Å²) in [5.41, 5.74) is 0.130. The van der Waals surface area contributed by atoms with Gasteiger partial charge in [0.1, 0.15) is 11.9 Å². The van der Waals surface area contributed by atoms with Crippen LogP contribution in [0.2, 0.25) is 0 Å². The molecule has 0 aromatic carbocycles. The van der Waals surface area contributed by atoms with Crippen LogP contribution in [0.4, 0.5) is 0 Å². The van der Waals surface area contributed by atoms with Crippen molar-refractivity contribution in [2.45, 2.75) is 83.8 Å². The molecule has 0 bridgehead atoms. The summed E-state index contributed by atoms with van der Waals surface area (Å²) in [6.07, 6.45) is 5.86. The van der Waals surface area contributed by atoms with E-state index in [2.05, 4.69) is 20.1 Å². The Bertz CT molecular complexity index is 421. The summed E-state index contributed by atoms with van der Waals surface area (Å²) in [6, 6.07) is 0. The van der Waals surface area contributed by atoms with Crippen molar-refractivity contribution in [3.63, 3.8) is 0 Å². The van der Waals surface area contributed by atoms with Crippen molar-refractivity contribution in [2.24, 2.45) is 0 Å². The zero-order valence-corrected chi connectivity index (χ0v) is 17.1. The second kappa shape index (κ2) is 16.8. The number of hydrogen-bond acceptors (Lipinski definition) is 6. The minimum absolute atomic E-state index is 0.0759. The molecule has 27 heavy (non-hydrogen) atoms. The van der Waals surface area contributed by atoms with Crippen LogP contribution in [0.15, 0.2) is 24.5 Å². The first kappa shape index (κ1) is 25.6. The minimum Gasteiger partial charge on any atom is -0.470 e. The number of rotatable bonds is 18. The van der Waals surface area contributed by atoms with Gasteiger partial charge in [-0.15, -0.1) is 0 Å². The van der Waals surface area contributed by atoms with Gasteiger partial charge in [-0.3, -0.25) is 0 Å². The van der Waals surface area contributed by atoms with Crippen LogP contribution in [0.3, 0.4) is 0 Å². The molecule has 0 fully saturated rings. The lowest BCUT2D eigenvalue weighted by Crippen LogP contribution is -2.19. The number of hydrogen-bond donors (Lipinski definition) is 2. The van der Waals surface area contributed by atoms with E-state index in [9.17, 15) is 15.0 Å². The second-order valence-corrected chi connectivity index (χ2v) is 6.67. The minimum atomic E-state index is -0.818. The SMILES string of the molecule is C=C(OCOCCCCCOC(=O)C(=C)C(O)CCCC)C(O)CCCC. The maximum atomic E-state index is 11.8. The van der Waals surface area contributed by atoms with Gasteiger partial charge in [0.15, 0.2) is 6.79 Å². The van der Waals surface area contributed by atoms with E-state index in [4.69, 9.17) is 14.2 Å². The molecule has 6 heteroatoms. The highest BCUT2D eigenvalue weighted by atomic mass is 16.7. The molecule has 0 aliphatic heterocycles. The molecule has 0 amide bonds. The molecule has 0 heterocycles. The zero-order chi connectivity index (χ0) is 20.5. The lowest BCUT2D eigenvalue weighted by molar-refractivity contribution is -0.140. The maximum Gasteiger partial charge on any atom is 0.336 e. The molecule has 0 aromatic rings. The Kier molecular flexibility index (Phi) is 15.9. The highest BCUT2D eigenvalue weighted by Crippen LogP contribution is 2.11. The fourth-order valence-electron chi connectivity index (χ4n) is 2.28. The summed E-state index contributed by atoms with van der Waals surface area (Å²) in [5.74, 6) is -0.180. The first-order valence-corrected chi connectivity index (χ1v) is 10.0. The van der Waals surface area contributed by atoms with Crippen molar-refractivity contribution < 1.29 is 29.2 Å². The van der Waals surface area contributed by atoms with E-state index in [1.807, 2.05) is 6.92 Å². The number of aliphatic hydroxyl groups is 2. The zero-order valence-electron chi connectivity index (χ0n) is 17.1. The summed E-state index contributed by atoms with van der Waals surface area (Å²) in [5, 5.41) is 19.6. The van der Waals surface area contributed by atoms with Gasteiger partial charge in [-0.25, -0.2) is 4.79 Å². The van der Waals surface area contributed by atoms with Gasteiger partial charge < -0.3 is 24.4 Å². The standard InChI is InChI=1S/C21H38O6/c1-5-7-12-19(22)17(3)21(24)26-15-11-9-10-14-25-16-27-18(4)20(23)13-8-6-2/h19-20,22-23H,3-16H2,1-2H3. The second-order valence-electron chi connectivity index (χ2n) is 6.67. The van der Waals surface area contributed by atoms with Crippen LogP contribution in [0, 0.1) is 0 Å². The lowest BCUT2D eigenvalue weighted by Gasteiger charge is -2.15. The van der Waals surface area contributed by atoms with Crippen LogP contribution in [0.5, 0.6) is 0 Å². The number of esters is 1. The number of unbranched alkanes of at least 4 members (excludes halogenated alkanes) is 4. The van der Waals surface area contributed by atoms with Crippen LogP contribution < -0.4 is 0 Å². The molecule has 0 aliphatic carbocycles. The molecule has 0 saturated carbocycles. The molecule has 2 unspecified atom stereocenters. The Morgan fingerprint density at radius 1 is 0.852 bits per heavy atom. The largest absolute Gasteiger partial charge is 0.470 e. The molecule has 2 atom stereocenters. The topological polar surface area (TPSA) is 85.2 Å². The molecule has 0 saturated heterocycles. The molecule has 0 aliphatic rings. The fourth-order valence-corrected chi connectivity index (χ4v) is 2.28. The lowest BCUT2D eigenvalue weighted by atomic mass is 10.1. The highest BCUT2D eigenvalue weighted by Gasteiger charge is 2.17. The van der Waals surface area contributed by atoms with E-state index in [1.54, 1.807) is 0 Å². The molecule has 0 rings (SSSR count). The summed E-state index contributed by atoms with van der Waals surface area (Å²) < 4.78 is 15.7. The third-order valence-electron chi connectivity index (χ3n) is 4.19. The Balaban J connectivity index is 3.58. The molecule has 2 N–H and O–H groups in total.